The van der Waals surface area contributed by atoms with Gasteiger partial charge < -0.3 is 5.73 Å². The highest BCUT2D eigenvalue weighted by atomic mass is 35.5. The van der Waals surface area contributed by atoms with Crippen LogP contribution in [0.2, 0.25) is 5.15 Å². The number of nitrogens with zero attached hydrogens (tertiary/aromatic N) is 3. The fourth-order valence-electron chi connectivity index (χ4n) is 1.90. The highest BCUT2D eigenvalue weighted by Gasteiger charge is 2.06. The van der Waals surface area contributed by atoms with E-state index in [0.29, 0.717) is 21.9 Å². The van der Waals surface area contributed by atoms with E-state index in [-0.39, 0.29) is 0 Å². The Kier molecular flexibility index (Phi) is 3.71. The Hall–Kier alpha value is -1.85. The zero-order chi connectivity index (χ0) is 13.9. The number of fused-ring (bicyclic) bond motifs is 1. The maximum atomic E-state index is 5.87. The van der Waals surface area contributed by atoms with E-state index in [0.717, 1.165) is 16.5 Å². The number of aromatic nitrogens is 3. The van der Waals surface area contributed by atoms with Crippen LogP contribution in [0, 0.1) is 0 Å². The van der Waals surface area contributed by atoms with Gasteiger partial charge in [0, 0.05) is 23.4 Å². The molecule has 0 aliphatic carbocycles. The van der Waals surface area contributed by atoms with Crippen molar-refractivity contribution in [2.75, 3.05) is 5.73 Å². The second kappa shape index (κ2) is 5.64. The number of anilines is 1. The number of halogens is 1. The van der Waals surface area contributed by atoms with Gasteiger partial charge >= 0.3 is 0 Å². The largest absolute Gasteiger partial charge is 0.384 e. The van der Waals surface area contributed by atoms with Crippen LogP contribution in [0.1, 0.15) is 5.56 Å². The lowest BCUT2D eigenvalue weighted by atomic mass is 10.1. The molecule has 0 bridgehead atoms. The molecule has 3 aromatic rings. The van der Waals surface area contributed by atoms with Gasteiger partial charge in [0.2, 0.25) is 0 Å². The number of pyridine rings is 1. The third-order valence-electron chi connectivity index (χ3n) is 2.77. The van der Waals surface area contributed by atoms with Gasteiger partial charge in [-0.1, -0.05) is 47.6 Å². The maximum absolute atomic E-state index is 5.87. The van der Waals surface area contributed by atoms with Gasteiger partial charge in [0.25, 0.3) is 0 Å². The summed E-state index contributed by atoms with van der Waals surface area (Å²) in [5.74, 6) is 1.09. The average Bonchev–Trinajstić information content (AvgIpc) is 2.44. The summed E-state index contributed by atoms with van der Waals surface area (Å²) < 4.78 is 0. The van der Waals surface area contributed by atoms with Crippen LogP contribution >= 0.6 is 23.4 Å². The second-order valence-electron chi connectivity index (χ2n) is 4.18. The molecule has 0 saturated carbocycles. The van der Waals surface area contributed by atoms with E-state index < -0.39 is 0 Å². The number of rotatable bonds is 3. The van der Waals surface area contributed by atoms with Crippen molar-refractivity contribution in [1.82, 2.24) is 15.0 Å². The molecule has 2 N–H and O–H groups in total. The van der Waals surface area contributed by atoms with Crippen molar-refractivity contribution in [3.05, 3.63) is 53.3 Å². The van der Waals surface area contributed by atoms with Gasteiger partial charge in [-0.3, -0.25) is 4.98 Å². The minimum absolute atomic E-state index is 0.357. The Labute approximate surface area is 125 Å². The summed E-state index contributed by atoms with van der Waals surface area (Å²) in [6, 6.07) is 11.6. The molecule has 2 heterocycles. The molecule has 0 unspecified atom stereocenters. The Bertz CT molecular complexity index is 738. The van der Waals surface area contributed by atoms with Gasteiger partial charge in [-0.25, -0.2) is 9.97 Å². The van der Waals surface area contributed by atoms with E-state index in [1.807, 2.05) is 24.3 Å². The quantitative estimate of drug-likeness (QED) is 0.455. The van der Waals surface area contributed by atoms with E-state index in [4.69, 9.17) is 17.3 Å². The van der Waals surface area contributed by atoms with E-state index in [9.17, 15) is 0 Å². The number of thioether (sulfide) groups is 1. The van der Waals surface area contributed by atoms with E-state index in [2.05, 4.69) is 21.0 Å². The SMILES string of the molecule is Nc1cc(Cl)nc(SCc2cccc3cccnc23)n1. The normalized spacial score (nSPS) is 10.8. The lowest BCUT2D eigenvalue weighted by Crippen LogP contribution is -1.95. The maximum Gasteiger partial charge on any atom is 0.191 e. The average molecular weight is 303 g/mol. The second-order valence-corrected chi connectivity index (χ2v) is 5.51. The first-order valence-electron chi connectivity index (χ1n) is 5.98. The number of benzene rings is 1. The number of hydrogen-bond acceptors (Lipinski definition) is 5. The van der Waals surface area contributed by atoms with Gasteiger partial charge in [0.15, 0.2) is 5.16 Å². The van der Waals surface area contributed by atoms with Crippen molar-refractivity contribution in [1.29, 1.82) is 0 Å². The molecule has 1 aromatic carbocycles. The minimum Gasteiger partial charge on any atom is -0.384 e. The first kappa shape index (κ1) is 13.1. The van der Waals surface area contributed by atoms with Gasteiger partial charge in [-0.15, -0.1) is 0 Å². The van der Waals surface area contributed by atoms with Crippen molar-refractivity contribution >= 4 is 40.1 Å². The Balaban J connectivity index is 1.87. The molecule has 0 atom stereocenters. The molecule has 0 spiro atoms. The van der Waals surface area contributed by atoms with Crippen LogP contribution in [-0.2, 0) is 5.75 Å². The number of nitrogen functional groups attached to an aromatic ring is 1. The number of nitrogens with two attached hydrogens (primary N) is 1. The zero-order valence-corrected chi connectivity index (χ0v) is 12.0. The molecular formula is C14H11ClN4S. The first-order valence-corrected chi connectivity index (χ1v) is 7.34. The summed E-state index contributed by atoms with van der Waals surface area (Å²) in [6.45, 7) is 0. The first-order chi connectivity index (χ1) is 9.72. The number of para-hydroxylation sites is 1. The summed E-state index contributed by atoms with van der Waals surface area (Å²) in [4.78, 5) is 12.7. The molecule has 0 aliphatic rings. The van der Waals surface area contributed by atoms with E-state index >= 15 is 0 Å². The van der Waals surface area contributed by atoms with Crippen LogP contribution in [0.15, 0.2) is 47.8 Å². The topological polar surface area (TPSA) is 64.7 Å². The fourth-order valence-corrected chi connectivity index (χ4v) is 3.00. The summed E-state index contributed by atoms with van der Waals surface area (Å²) >= 11 is 7.36. The lowest BCUT2D eigenvalue weighted by Gasteiger charge is -2.05. The van der Waals surface area contributed by atoms with Crippen LogP contribution in [0.4, 0.5) is 5.82 Å². The standard InChI is InChI=1S/C14H11ClN4S/c15-11-7-12(16)19-14(18-11)20-8-10-4-1-3-9-5-2-6-17-13(9)10/h1-7H,8H2,(H2,16,18,19). The molecule has 0 amide bonds. The predicted molar refractivity (Wildman–Crippen MR) is 82.8 cm³/mol. The molecule has 0 saturated heterocycles. The van der Waals surface area contributed by atoms with Crippen molar-refractivity contribution in [3.63, 3.8) is 0 Å². The third kappa shape index (κ3) is 2.84. The fraction of sp³-hybridized carbons (Fsp3) is 0.0714. The highest BCUT2D eigenvalue weighted by Crippen LogP contribution is 2.25. The highest BCUT2D eigenvalue weighted by molar-refractivity contribution is 7.98. The van der Waals surface area contributed by atoms with Crippen LogP contribution in [0.5, 0.6) is 0 Å². The van der Waals surface area contributed by atoms with Gasteiger partial charge in [-0.2, -0.15) is 0 Å². The summed E-state index contributed by atoms with van der Waals surface area (Å²) in [6.07, 6.45) is 1.80. The van der Waals surface area contributed by atoms with Crippen LogP contribution < -0.4 is 5.73 Å². The summed E-state index contributed by atoms with van der Waals surface area (Å²) in [7, 11) is 0. The smallest absolute Gasteiger partial charge is 0.191 e. The minimum atomic E-state index is 0.357. The van der Waals surface area contributed by atoms with E-state index in [1.54, 1.807) is 6.20 Å². The third-order valence-corrected chi connectivity index (χ3v) is 3.86. The molecule has 2 aromatic heterocycles. The lowest BCUT2D eigenvalue weighted by molar-refractivity contribution is 0.976. The van der Waals surface area contributed by atoms with Gasteiger partial charge in [0.05, 0.1) is 5.52 Å². The predicted octanol–water partition coefficient (Wildman–Crippen LogP) is 3.55. The van der Waals surface area contributed by atoms with Crippen LogP contribution in [0.25, 0.3) is 10.9 Å². The van der Waals surface area contributed by atoms with Crippen molar-refractivity contribution in [2.45, 2.75) is 10.9 Å². The van der Waals surface area contributed by atoms with Crippen molar-refractivity contribution in [3.8, 4) is 0 Å². The molecule has 0 fully saturated rings. The van der Waals surface area contributed by atoms with Crippen LogP contribution in [-0.4, -0.2) is 15.0 Å². The van der Waals surface area contributed by atoms with Crippen molar-refractivity contribution < 1.29 is 0 Å². The molecular weight excluding hydrogens is 292 g/mol. The van der Waals surface area contributed by atoms with Crippen molar-refractivity contribution in [2.24, 2.45) is 0 Å². The molecule has 20 heavy (non-hydrogen) atoms. The molecule has 6 heteroatoms. The van der Waals surface area contributed by atoms with Gasteiger partial charge in [-0.05, 0) is 11.6 Å². The van der Waals surface area contributed by atoms with Gasteiger partial charge in [0.1, 0.15) is 11.0 Å². The Morgan fingerprint density at radius 2 is 2.00 bits per heavy atom. The molecule has 0 radical (unpaired) electrons. The Morgan fingerprint density at radius 1 is 1.15 bits per heavy atom. The van der Waals surface area contributed by atoms with E-state index in [1.165, 1.54) is 17.8 Å². The van der Waals surface area contributed by atoms with Crippen LogP contribution in [0.3, 0.4) is 0 Å². The number of hydrogen-bond donors (Lipinski definition) is 1. The Morgan fingerprint density at radius 3 is 2.85 bits per heavy atom. The molecule has 3 rings (SSSR count). The summed E-state index contributed by atoms with van der Waals surface area (Å²) in [5, 5.41) is 2.05. The zero-order valence-electron chi connectivity index (χ0n) is 10.5. The monoisotopic (exact) mass is 302 g/mol. The molecule has 0 aliphatic heterocycles. The summed E-state index contributed by atoms with van der Waals surface area (Å²) in [5.41, 5.74) is 7.79. The molecule has 4 nitrogen and oxygen atoms in total. The molecule has 100 valence electrons.